The molecule has 0 saturated heterocycles. The first-order chi connectivity index (χ1) is 18.2. The maximum atomic E-state index is 14.9. The van der Waals surface area contributed by atoms with Gasteiger partial charge in [0.05, 0.1) is 5.69 Å². The monoisotopic (exact) mass is 513 g/mol. The summed E-state index contributed by atoms with van der Waals surface area (Å²) in [4.78, 5) is 12.1. The third kappa shape index (κ3) is 6.30. The second-order valence-corrected chi connectivity index (χ2v) is 8.65. The highest BCUT2D eigenvalue weighted by Gasteiger charge is 2.19. The number of imidazole rings is 1. The third-order valence-electron chi connectivity index (χ3n) is 5.94. The highest BCUT2D eigenvalue weighted by atomic mass is 19.1. The molecule has 0 fully saturated rings. The van der Waals surface area contributed by atoms with Crippen LogP contribution in [0.5, 0.6) is 0 Å². The van der Waals surface area contributed by atoms with Crippen LogP contribution in [0.3, 0.4) is 0 Å². The summed E-state index contributed by atoms with van der Waals surface area (Å²) >= 11 is 0. The van der Waals surface area contributed by atoms with Gasteiger partial charge >= 0.3 is 0 Å². The van der Waals surface area contributed by atoms with Crippen molar-refractivity contribution in [1.82, 2.24) is 15.3 Å². The Balaban J connectivity index is 2.11. The standard InChI is InChI=1S/C31H33F2N5/c1-7-10-11-25(23-12-21(17-35-6)13-24(32)14-23)30-20(5)37-31(38-30)19(4)26-15-27(28(33)16-29(26)34)22(8-2)18-36-9-3/h7-16,18,35H,3-4,17,34H2,1-2,5-6H3,(H,37,38)/b10-7-,22-8+,25-11-,36-18?. The van der Waals surface area contributed by atoms with E-state index >= 15 is 0 Å². The molecule has 5 nitrogen and oxygen atoms in total. The Morgan fingerprint density at radius 1 is 1.16 bits per heavy atom. The predicted molar refractivity (Wildman–Crippen MR) is 156 cm³/mol. The molecule has 0 aliphatic heterocycles. The zero-order valence-electron chi connectivity index (χ0n) is 22.2. The number of aliphatic imine (C=N–C) groups is 1. The number of rotatable bonds is 10. The van der Waals surface area contributed by atoms with Crippen molar-refractivity contribution in [3.63, 3.8) is 0 Å². The van der Waals surface area contributed by atoms with E-state index in [9.17, 15) is 8.78 Å². The van der Waals surface area contributed by atoms with Gasteiger partial charge in [-0.15, -0.1) is 0 Å². The van der Waals surface area contributed by atoms with Crippen LogP contribution in [-0.4, -0.2) is 23.2 Å². The van der Waals surface area contributed by atoms with Crippen LogP contribution in [0.2, 0.25) is 0 Å². The molecular formula is C31H33F2N5. The van der Waals surface area contributed by atoms with Gasteiger partial charge in [-0.25, -0.2) is 13.8 Å². The Hall–Kier alpha value is -4.36. The highest BCUT2D eigenvalue weighted by molar-refractivity contribution is 6.10. The number of nitrogens with two attached hydrogens (primary N) is 1. The number of nitrogen functional groups attached to an aromatic ring is 1. The Kier molecular flexibility index (Phi) is 9.46. The van der Waals surface area contributed by atoms with Gasteiger partial charge in [0, 0.05) is 52.6 Å². The third-order valence-corrected chi connectivity index (χ3v) is 5.94. The number of hydrogen-bond donors (Lipinski definition) is 3. The zero-order chi connectivity index (χ0) is 27.8. The lowest BCUT2D eigenvalue weighted by molar-refractivity contribution is 0.623. The molecule has 2 aromatic carbocycles. The molecule has 0 atom stereocenters. The van der Waals surface area contributed by atoms with E-state index in [-0.39, 0.29) is 11.5 Å². The molecule has 0 radical (unpaired) electrons. The highest BCUT2D eigenvalue weighted by Crippen LogP contribution is 2.33. The van der Waals surface area contributed by atoms with Gasteiger partial charge < -0.3 is 16.0 Å². The molecule has 0 aliphatic rings. The number of nitrogens with one attached hydrogen (secondary N) is 2. The van der Waals surface area contributed by atoms with Crippen molar-refractivity contribution in [2.45, 2.75) is 27.3 Å². The van der Waals surface area contributed by atoms with E-state index in [4.69, 9.17) is 10.7 Å². The molecule has 1 heterocycles. The van der Waals surface area contributed by atoms with Crippen molar-refractivity contribution >= 4 is 28.6 Å². The van der Waals surface area contributed by atoms with E-state index < -0.39 is 5.82 Å². The summed E-state index contributed by atoms with van der Waals surface area (Å²) in [5.74, 6) is -0.329. The first kappa shape index (κ1) is 28.2. The molecular weight excluding hydrogens is 480 g/mol. The van der Waals surface area contributed by atoms with Crippen molar-refractivity contribution in [3.8, 4) is 0 Å². The Morgan fingerprint density at radius 2 is 1.92 bits per heavy atom. The predicted octanol–water partition coefficient (Wildman–Crippen LogP) is 6.98. The molecule has 4 N–H and O–H groups in total. The number of benzene rings is 2. The summed E-state index contributed by atoms with van der Waals surface area (Å²) in [6, 6.07) is 7.84. The van der Waals surface area contributed by atoms with Crippen molar-refractivity contribution in [1.29, 1.82) is 0 Å². The van der Waals surface area contributed by atoms with Gasteiger partial charge in [-0.1, -0.05) is 37.5 Å². The van der Waals surface area contributed by atoms with Crippen molar-refractivity contribution in [2.24, 2.45) is 4.99 Å². The number of aromatic amines is 1. The van der Waals surface area contributed by atoms with Gasteiger partial charge in [-0.2, -0.15) is 0 Å². The van der Waals surface area contributed by atoms with Crippen LogP contribution in [0.25, 0.3) is 16.7 Å². The molecule has 0 spiro atoms. The molecule has 3 rings (SSSR count). The van der Waals surface area contributed by atoms with Crippen LogP contribution < -0.4 is 11.1 Å². The van der Waals surface area contributed by atoms with Crippen LogP contribution in [0.1, 0.15) is 53.3 Å². The number of aromatic nitrogens is 2. The average molecular weight is 514 g/mol. The van der Waals surface area contributed by atoms with Gasteiger partial charge in [0.15, 0.2) is 0 Å². The fraction of sp³-hybridized carbons (Fsp3) is 0.161. The number of aryl methyl sites for hydroxylation is 1. The smallest absolute Gasteiger partial charge is 0.138 e. The summed E-state index contributed by atoms with van der Waals surface area (Å²) < 4.78 is 29.4. The molecule has 7 heteroatoms. The maximum Gasteiger partial charge on any atom is 0.138 e. The fourth-order valence-corrected chi connectivity index (χ4v) is 4.11. The fourth-order valence-electron chi connectivity index (χ4n) is 4.11. The SMILES string of the molecule is C=CN=C/C(=C\C)c1cc(C(=C)c2nc(/C(=C\C=C/C)c3cc(F)cc(CNC)c3)c(C)[nH]2)c(N)cc1F. The van der Waals surface area contributed by atoms with Gasteiger partial charge in [-0.3, -0.25) is 4.99 Å². The van der Waals surface area contributed by atoms with Crippen molar-refractivity contribution < 1.29 is 8.78 Å². The Labute approximate surface area is 222 Å². The average Bonchev–Trinajstić information content (AvgIpc) is 3.26. The second kappa shape index (κ2) is 12.7. The van der Waals surface area contributed by atoms with E-state index in [1.807, 2.05) is 45.2 Å². The minimum atomic E-state index is -0.473. The van der Waals surface area contributed by atoms with Gasteiger partial charge in [0.2, 0.25) is 0 Å². The number of anilines is 1. The number of nitrogens with zero attached hydrogens (tertiary/aromatic N) is 2. The van der Waals surface area contributed by atoms with E-state index in [2.05, 4.69) is 28.5 Å². The van der Waals surface area contributed by atoms with Crippen LogP contribution in [0, 0.1) is 18.6 Å². The van der Waals surface area contributed by atoms with E-state index in [1.54, 1.807) is 19.1 Å². The van der Waals surface area contributed by atoms with Crippen LogP contribution in [0.15, 0.2) is 79.0 Å². The summed E-state index contributed by atoms with van der Waals surface area (Å²) in [6.45, 7) is 13.9. The van der Waals surface area contributed by atoms with Crippen molar-refractivity contribution in [2.75, 3.05) is 12.8 Å². The second-order valence-electron chi connectivity index (χ2n) is 8.65. The molecule has 3 aromatic rings. The topological polar surface area (TPSA) is 79.1 Å². The molecule has 0 unspecified atom stereocenters. The maximum absolute atomic E-state index is 14.9. The lowest BCUT2D eigenvalue weighted by Gasteiger charge is -2.12. The molecule has 0 aliphatic carbocycles. The number of allylic oxidation sites excluding steroid dienone is 5. The van der Waals surface area contributed by atoms with Crippen LogP contribution in [0.4, 0.5) is 14.5 Å². The van der Waals surface area contributed by atoms with Crippen molar-refractivity contribution in [3.05, 3.63) is 125 Å². The molecule has 0 saturated carbocycles. The Bertz CT molecular complexity index is 1470. The van der Waals surface area contributed by atoms with Gasteiger partial charge in [-0.05, 0) is 74.9 Å². The lowest BCUT2D eigenvalue weighted by Crippen LogP contribution is -2.06. The first-order valence-electron chi connectivity index (χ1n) is 12.2. The summed E-state index contributed by atoms with van der Waals surface area (Å²) in [6.07, 6.45) is 10.3. The normalized spacial score (nSPS) is 12.6. The molecule has 38 heavy (non-hydrogen) atoms. The largest absolute Gasteiger partial charge is 0.398 e. The number of halogens is 2. The molecule has 1 aromatic heterocycles. The molecule has 0 bridgehead atoms. The summed E-state index contributed by atoms with van der Waals surface area (Å²) in [7, 11) is 1.81. The van der Waals surface area contributed by atoms with Crippen LogP contribution in [-0.2, 0) is 6.54 Å². The summed E-state index contributed by atoms with van der Waals surface area (Å²) in [5, 5.41) is 3.06. The lowest BCUT2D eigenvalue weighted by atomic mass is 9.97. The quantitative estimate of drug-likeness (QED) is 0.155. The molecule has 0 amide bonds. The van der Waals surface area contributed by atoms with Crippen LogP contribution >= 0.6 is 0 Å². The zero-order valence-corrected chi connectivity index (χ0v) is 22.2. The van der Waals surface area contributed by atoms with E-state index in [0.717, 1.165) is 16.8 Å². The summed E-state index contributed by atoms with van der Waals surface area (Å²) in [5.41, 5.74) is 12.1. The Morgan fingerprint density at radius 3 is 2.58 bits per heavy atom. The van der Waals surface area contributed by atoms with Gasteiger partial charge in [0.25, 0.3) is 0 Å². The number of hydrogen-bond acceptors (Lipinski definition) is 4. The van der Waals surface area contributed by atoms with E-state index in [1.165, 1.54) is 30.6 Å². The minimum absolute atomic E-state index is 0.231. The molecule has 196 valence electrons. The number of H-pyrrole nitrogens is 1. The van der Waals surface area contributed by atoms with E-state index in [0.29, 0.717) is 45.9 Å². The minimum Gasteiger partial charge on any atom is -0.398 e. The first-order valence-corrected chi connectivity index (χ1v) is 12.2. The van der Waals surface area contributed by atoms with Gasteiger partial charge in [0.1, 0.15) is 17.5 Å².